The van der Waals surface area contributed by atoms with E-state index in [-0.39, 0.29) is 11.8 Å². The molecule has 1 fully saturated rings. The number of hydrogen-bond acceptors (Lipinski definition) is 5. The van der Waals surface area contributed by atoms with Crippen molar-refractivity contribution >= 4 is 27.9 Å². The molecule has 0 aliphatic carbocycles. The molecule has 3 aromatic rings. The Morgan fingerprint density at radius 3 is 2.64 bits per heavy atom. The van der Waals surface area contributed by atoms with E-state index in [9.17, 15) is 4.79 Å². The Labute approximate surface area is 172 Å². The number of nitrogens with zero attached hydrogens (tertiary/aromatic N) is 3. The molecule has 1 aliphatic heterocycles. The molecule has 0 radical (unpaired) electrons. The molecule has 144 valence electrons. The van der Waals surface area contributed by atoms with Crippen LogP contribution in [0.15, 0.2) is 63.5 Å². The van der Waals surface area contributed by atoms with Crippen LogP contribution >= 0.6 is 15.9 Å². The molecule has 4 rings (SSSR count). The fourth-order valence-electron chi connectivity index (χ4n) is 3.35. The van der Waals surface area contributed by atoms with Gasteiger partial charge >= 0.3 is 6.01 Å². The van der Waals surface area contributed by atoms with Crippen molar-refractivity contribution in [2.45, 2.75) is 19.4 Å². The Kier molecular flexibility index (Phi) is 5.71. The maximum absolute atomic E-state index is 12.5. The van der Waals surface area contributed by atoms with Gasteiger partial charge in [0.1, 0.15) is 0 Å². The number of aromatic nitrogens is 2. The summed E-state index contributed by atoms with van der Waals surface area (Å²) in [6.07, 6.45) is 1.54. The Balaban J connectivity index is 1.30. The second-order valence-electron chi connectivity index (χ2n) is 6.86. The van der Waals surface area contributed by atoms with Crippen molar-refractivity contribution in [3.8, 4) is 11.5 Å². The molecule has 2 aromatic carbocycles. The fourth-order valence-corrected chi connectivity index (χ4v) is 3.80. The van der Waals surface area contributed by atoms with E-state index < -0.39 is 0 Å². The SMILES string of the molecule is O=C(NCc1cccc(Br)c1)C1CCN(c2nnc(-c3ccccc3)o2)CC1. The zero-order chi connectivity index (χ0) is 19.3. The summed E-state index contributed by atoms with van der Waals surface area (Å²) >= 11 is 3.45. The number of hydrogen-bond donors (Lipinski definition) is 1. The first-order valence-corrected chi connectivity index (χ1v) is 10.1. The van der Waals surface area contributed by atoms with Crippen LogP contribution in [0.25, 0.3) is 11.5 Å². The Bertz CT molecular complexity index is 936. The minimum atomic E-state index is 0.0138. The molecular formula is C21H21BrN4O2. The van der Waals surface area contributed by atoms with Crippen molar-refractivity contribution in [2.75, 3.05) is 18.0 Å². The summed E-state index contributed by atoms with van der Waals surface area (Å²) in [6.45, 7) is 2.00. The van der Waals surface area contributed by atoms with E-state index >= 15 is 0 Å². The smallest absolute Gasteiger partial charge is 0.318 e. The van der Waals surface area contributed by atoms with E-state index in [4.69, 9.17) is 4.42 Å². The predicted octanol–water partition coefficient (Wildman–Crippen LogP) is 4.03. The molecule has 0 bridgehead atoms. The van der Waals surface area contributed by atoms with Gasteiger partial charge in [0.05, 0.1) is 0 Å². The molecule has 2 heterocycles. The number of piperidine rings is 1. The van der Waals surface area contributed by atoms with E-state index in [0.29, 0.717) is 18.5 Å². The molecule has 0 unspecified atom stereocenters. The number of nitrogens with one attached hydrogen (secondary N) is 1. The van der Waals surface area contributed by atoms with E-state index in [1.165, 1.54) is 0 Å². The van der Waals surface area contributed by atoms with Crippen LogP contribution in [0, 0.1) is 5.92 Å². The maximum atomic E-state index is 12.5. The van der Waals surface area contributed by atoms with Crippen molar-refractivity contribution < 1.29 is 9.21 Å². The van der Waals surface area contributed by atoms with Crippen molar-refractivity contribution in [3.05, 3.63) is 64.6 Å². The highest BCUT2D eigenvalue weighted by atomic mass is 79.9. The highest BCUT2D eigenvalue weighted by molar-refractivity contribution is 9.10. The Morgan fingerprint density at radius 2 is 1.89 bits per heavy atom. The van der Waals surface area contributed by atoms with E-state index in [2.05, 4.69) is 36.3 Å². The molecule has 7 heteroatoms. The lowest BCUT2D eigenvalue weighted by Gasteiger charge is -2.29. The van der Waals surface area contributed by atoms with Gasteiger partial charge in [0.15, 0.2) is 0 Å². The monoisotopic (exact) mass is 440 g/mol. The average Bonchev–Trinajstić information content (AvgIpc) is 3.23. The van der Waals surface area contributed by atoms with E-state index in [1.54, 1.807) is 0 Å². The van der Waals surface area contributed by atoms with Crippen LogP contribution in [-0.2, 0) is 11.3 Å². The van der Waals surface area contributed by atoms with E-state index in [0.717, 1.165) is 41.5 Å². The van der Waals surface area contributed by atoms with Gasteiger partial charge < -0.3 is 14.6 Å². The second-order valence-corrected chi connectivity index (χ2v) is 7.78. The molecular weight excluding hydrogens is 420 g/mol. The van der Waals surface area contributed by atoms with Crippen molar-refractivity contribution in [2.24, 2.45) is 5.92 Å². The first-order valence-electron chi connectivity index (χ1n) is 9.35. The number of anilines is 1. The van der Waals surface area contributed by atoms with Crippen LogP contribution < -0.4 is 10.2 Å². The van der Waals surface area contributed by atoms with Crippen LogP contribution in [0.4, 0.5) is 6.01 Å². The van der Waals surface area contributed by atoms with Gasteiger partial charge in [-0.1, -0.05) is 51.4 Å². The molecule has 1 aliphatic rings. The van der Waals surface area contributed by atoms with Gasteiger partial charge in [-0.3, -0.25) is 4.79 Å². The molecule has 1 amide bonds. The number of amides is 1. The van der Waals surface area contributed by atoms with E-state index in [1.807, 2.05) is 54.6 Å². The maximum Gasteiger partial charge on any atom is 0.318 e. The molecule has 1 N–H and O–H groups in total. The number of carbonyl (C=O) groups excluding carboxylic acids is 1. The van der Waals surface area contributed by atoms with Crippen LogP contribution in [0.3, 0.4) is 0 Å². The summed E-state index contributed by atoms with van der Waals surface area (Å²) in [5, 5.41) is 11.4. The molecule has 28 heavy (non-hydrogen) atoms. The van der Waals surface area contributed by atoms with Gasteiger partial charge in [-0.2, -0.15) is 0 Å². The molecule has 1 saturated heterocycles. The Hall–Kier alpha value is -2.67. The standard InChI is InChI=1S/C21H21BrN4O2/c22-18-8-4-5-15(13-18)14-23-19(27)16-9-11-26(12-10-16)21-25-24-20(28-21)17-6-2-1-3-7-17/h1-8,13,16H,9-12,14H2,(H,23,27). The summed E-state index contributed by atoms with van der Waals surface area (Å²) in [4.78, 5) is 14.5. The van der Waals surface area contributed by atoms with Crippen LogP contribution in [-0.4, -0.2) is 29.2 Å². The fraction of sp³-hybridized carbons (Fsp3) is 0.286. The normalized spacial score (nSPS) is 14.8. The quantitative estimate of drug-likeness (QED) is 0.648. The Morgan fingerprint density at radius 1 is 1.11 bits per heavy atom. The van der Waals surface area contributed by atoms with Gasteiger partial charge in [0.2, 0.25) is 11.8 Å². The number of benzene rings is 2. The lowest BCUT2D eigenvalue weighted by atomic mass is 9.96. The van der Waals surface area contributed by atoms with Crippen LogP contribution in [0.2, 0.25) is 0 Å². The minimum absolute atomic E-state index is 0.0138. The highest BCUT2D eigenvalue weighted by Crippen LogP contribution is 2.26. The number of carbonyl (C=O) groups is 1. The third-order valence-electron chi connectivity index (χ3n) is 4.93. The average molecular weight is 441 g/mol. The van der Waals surface area contributed by atoms with Gasteiger partial charge in [-0.25, -0.2) is 0 Å². The summed E-state index contributed by atoms with van der Waals surface area (Å²) in [5.74, 6) is 0.638. The topological polar surface area (TPSA) is 71.3 Å². The zero-order valence-corrected chi connectivity index (χ0v) is 16.9. The molecule has 1 aromatic heterocycles. The van der Waals surface area contributed by atoms with Crippen molar-refractivity contribution in [3.63, 3.8) is 0 Å². The molecule has 0 atom stereocenters. The lowest BCUT2D eigenvalue weighted by Crippen LogP contribution is -2.40. The van der Waals surface area contributed by atoms with Crippen molar-refractivity contribution in [1.82, 2.24) is 15.5 Å². The molecule has 0 saturated carbocycles. The van der Waals surface area contributed by atoms with Gasteiger partial charge in [0, 0.05) is 35.6 Å². The van der Waals surface area contributed by atoms with Crippen LogP contribution in [0.5, 0.6) is 0 Å². The largest absolute Gasteiger partial charge is 0.403 e. The summed E-state index contributed by atoms with van der Waals surface area (Å²) in [5.41, 5.74) is 1.99. The zero-order valence-electron chi connectivity index (χ0n) is 15.3. The third-order valence-corrected chi connectivity index (χ3v) is 5.42. The molecule has 0 spiro atoms. The second kappa shape index (κ2) is 8.56. The summed E-state index contributed by atoms with van der Waals surface area (Å²) in [7, 11) is 0. The summed E-state index contributed by atoms with van der Waals surface area (Å²) in [6, 6.07) is 18.2. The first kappa shape index (κ1) is 18.7. The van der Waals surface area contributed by atoms with Gasteiger partial charge in [-0.15, -0.1) is 5.10 Å². The van der Waals surface area contributed by atoms with Crippen LogP contribution in [0.1, 0.15) is 18.4 Å². The molecule has 6 nitrogen and oxygen atoms in total. The first-order chi connectivity index (χ1) is 13.7. The highest BCUT2D eigenvalue weighted by Gasteiger charge is 2.27. The summed E-state index contributed by atoms with van der Waals surface area (Å²) < 4.78 is 6.84. The lowest BCUT2D eigenvalue weighted by molar-refractivity contribution is -0.125. The van der Waals surface area contributed by atoms with Gasteiger partial charge in [0.25, 0.3) is 0 Å². The number of rotatable bonds is 5. The third kappa shape index (κ3) is 4.42. The van der Waals surface area contributed by atoms with Crippen molar-refractivity contribution in [1.29, 1.82) is 0 Å². The predicted molar refractivity (Wildman–Crippen MR) is 111 cm³/mol. The van der Waals surface area contributed by atoms with Gasteiger partial charge in [-0.05, 0) is 42.7 Å². The minimum Gasteiger partial charge on any atom is -0.403 e. The number of halogens is 1.